The van der Waals surface area contributed by atoms with Crippen molar-refractivity contribution in [1.82, 2.24) is 34.6 Å². The van der Waals surface area contributed by atoms with Crippen LogP contribution in [0.3, 0.4) is 0 Å². The predicted octanol–water partition coefficient (Wildman–Crippen LogP) is 4.82. The molecular formula is C33H35FN8O3S. The standard InChI is InChI=1S/C33H35FN8O3S/c1-32(43)16-41(10-11-44-17-32)29-25-21-4-7-35-26(24-22-14-36-39-23(22)12-19-5-9-40(2)27(19)24)28(21)46-30(25)38-31(37-29)45-18-33-6-3-8-42(33)15-20(34)13-33/h4-5,7,9,12,14,20,43H,3,6,8,10-11,13,15-18H2,1-2H3,(H,36,39)/t20-,32+,33+/m1/s1. The molecule has 0 bridgehead atoms. The first-order chi connectivity index (χ1) is 22.3. The molecule has 0 unspecified atom stereocenters. The lowest BCUT2D eigenvalue weighted by atomic mass is 9.95. The van der Waals surface area contributed by atoms with Gasteiger partial charge in [-0.1, -0.05) is 0 Å². The average molecular weight is 643 g/mol. The number of nitrogens with zero attached hydrogens (tertiary/aromatic N) is 7. The number of thiophene rings is 1. The van der Waals surface area contributed by atoms with Gasteiger partial charge >= 0.3 is 6.01 Å². The number of ether oxygens (including phenoxy) is 2. The van der Waals surface area contributed by atoms with Gasteiger partial charge in [0.1, 0.15) is 29.0 Å². The van der Waals surface area contributed by atoms with E-state index in [4.69, 9.17) is 24.4 Å². The number of anilines is 1. The van der Waals surface area contributed by atoms with E-state index in [-0.39, 0.29) is 18.2 Å². The Morgan fingerprint density at radius 2 is 2.15 bits per heavy atom. The summed E-state index contributed by atoms with van der Waals surface area (Å²) in [5.74, 6) is 0.690. The molecule has 0 amide bonds. The SMILES string of the molecule is Cn1ccc2cc3[nH]ncc3c(-c3nccc4c3sc3nc(OC[C@@]56CCCN5C[C@H](F)C6)nc(N5CCOC[C@@](C)(O)C5)c34)c21. The highest BCUT2D eigenvalue weighted by atomic mass is 32.1. The molecule has 6 aromatic rings. The minimum absolute atomic E-state index is 0.240. The molecule has 3 saturated heterocycles. The fraction of sp³-hybridized carbons (Fsp3) is 0.455. The summed E-state index contributed by atoms with van der Waals surface area (Å²) in [5.41, 5.74) is 2.49. The number of nitrogens with one attached hydrogen (secondary N) is 1. The summed E-state index contributed by atoms with van der Waals surface area (Å²) >= 11 is 1.56. The van der Waals surface area contributed by atoms with Gasteiger partial charge in [0.2, 0.25) is 0 Å². The van der Waals surface area contributed by atoms with E-state index in [0.717, 1.165) is 72.8 Å². The molecule has 1 aromatic carbocycles. The van der Waals surface area contributed by atoms with Crippen LogP contribution < -0.4 is 9.64 Å². The second-order valence-electron chi connectivity index (χ2n) is 13.4. The van der Waals surface area contributed by atoms with E-state index < -0.39 is 11.8 Å². The van der Waals surface area contributed by atoms with Gasteiger partial charge in [-0.2, -0.15) is 15.1 Å². The van der Waals surface area contributed by atoms with E-state index in [0.29, 0.717) is 45.1 Å². The van der Waals surface area contributed by atoms with E-state index in [2.05, 4.69) is 42.9 Å². The molecule has 0 spiro atoms. The number of aliphatic hydroxyl groups is 1. The maximum absolute atomic E-state index is 14.5. The van der Waals surface area contributed by atoms with Gasteiger partial charge in [-0.15, -0.1) is 11.3 Å². The smallest absolute Gasteiger partial charge is 0.319 e. The third kappa shape index (κ3) is 4.39. The zero-order valence-electron chi connectivity index (χ0n) is 25.8. The van der Waals surface area contributed by atoms with E-state index in [1.54, 1.807) is 18.3 Å². The zero-order chi connectivity index (χ0) is 31.2. The second kappa shape index (κ2) is 10.3. The lowest BCUT2D eigenvalue weighted by Gasteiger charge is -2.31. The van der Waals surface area contributed by atoms with Gasteiger partial charge in [-0.3, -0.25) is 15.0 Å². The number of alkyl halides is 1. The highest BCUT2D eigenvalue weighted by Crippen LogP contribution is 2.46. The van der Waals surface area contributed by atoms with Crippen molar-refractivity contribution >= 4 is 59.3 Å². The predicted molar refractivity (Wildman–Crippen MR) is 176 cm³/mol. The normalized spacial score (nSPS) is 25.7. The average Bonchev–Trinajstić information content (AvgIpc) is 3.83. The first-order valence-electron chi connectivity index (χ1n) is 15.9. The number of halogens is 1. The third-order valence-corrected chi connectivity index (χ3v) is 11.1. The fourth-order valence-electron chi connectivity index (χ4n) is 7.98. The second-order valence-corrected chi connectivity index (χ2v) is 14.4. The lowest BCUT2D eigenvalue weighted by molar-refractivity contribution is -0.0123. The Kier molecular flexibility index (Phi) is 6.34. The highest BCUT2D eigenvalue weighted by molar-refractivity contribution is 7.26. The molecule has 238 valence electrons. The Labute approximate surface area is 267 Å². The van der Waals surface area contributed by atoms with E-state index in [9.17, 15) is 9.50 Å². The molecule has 2 N–H and O–H groups in total. The summed E-state index contributed by atoms with van der Waals surface area (Å²) < 4.78 is 29.8. The fourth-order valence-corrected chi connectivity index (χ4v) is 9.13. The lowest BCUT2D eigenvalue weighted by Crippen LogP contribution is -2.43. The summed E-state index contributed by atoms with van der Waals surface area (Å²) in [6.45, 7) is 5.06. The molecule has 46 heavy (non-hydrogen) atoms. The first kappa shape index (κ1) is 28.3. The summed E-state index contributed by atoms with van der Waals surface area (Å²) in [6.07, 6.45) is 7.33. The monoisotopic (exact) mass is 642 g/mol. The van der Waals surface area contributed by atoms with Crippen LogP contribution in [0.15, 0.2) is 36.8 Å². The number of rotatable bonds is 5. The van der Waals surface area contributed by atoms with Crippen molar-refractivity contribution < 1.29 is 19.0 Å². The van der Waals surface area contributed by atoms with Crippen LogP contribution in [0.4, 0.5) is 10.2 Å². The molecule has 13 heteroatoms. The van der Waals surface area contributed by atoms with Crippen molar-refractivity contribution in [2.24, 2.45) is 7.05 Å². The molecule has 0 saturated carbocycles. The Morgan fingerprint density at radius 1 is 1.24 bits per heavy atom. The van der Waals surface area contributed by atoms with Crippen LogP contribution in [0, 0.1) is 0 Å². The van der Waals surface area contributed by atoms with Crippen LogP contribution in [-0.2, 0) is 11.8 Å². The third-order valence-electron chi connectivity index (χ3n) is 10.0. The molecule has 3 fully saturated rings. The molecule has 11 nitrogen and oxygen atoms in total. The van der Waals surface area contributed by atoms with Crippen LogP contribution in [0.25, 0.3) is 53.4 Å². The van der Waals surface area contributed by atoms with Crippen molar-refractivity contribution in [3.05, 3.63) is 36.8 Å². The van der Waals surface area contributed by atoms with Crippen molar-refractivity contribution in [3.63, 3.8) is 0 Å². The van der Waals surface area contributed by atoms with E-state index in [1.165, 1.54) is 0 Å². The molecule has 5 aromatic heterocycles. The largest absolute Gasteiger partial charge is 0.461 e. The zero-order valence-corrected chi connectivity index (χ0v) is 26.6. The van der Waals surface area contributed by atoms with Crippen molar-refractivity contribution in [1.29, 1.82) is 0 Å². The Balaban J connectivity index is 1.24. The molecule has 0 radical (unpaired) electrons. The number of aryl methyl sites for hydroxylation is 1. The number of benzene rings is 1. The number of hydrogen-bond donors (Lipinski definition) is 2. The van der Waals surface area contributed by atoms with Gasteiger partial charge in [0.25, 0.3) is 0 Å². The van der Waals surface area contributed by atoms with Crippen molar-refractivity contribution in [3.8, 4) is 17.3 Å². The van der Waals surface area contributed by atoms with Crippen LogP contribution in [-0.4, -0.2) is 103 Å². The van der Waals surface area contributed by atoms with Gasteiger partial charge in [0, 0.05) is 60.7 Å². The maximum atomic E-state index is 14.5. The molecule has 3 aliphatic heterocycles. The van der Waals surface area contributed by atoms with E-state index in [1.807, 2.05) is 25.5 Å². The first-order valence-corrected chi connectivity index (χ1v) is 16.7. The molecule has 9 rings (SSSR count). The highest BCUT2D eigenvalue weighted by Gasteiger charge is 2.49. The molecule has 8 heterocycles. The summed E-state index contributed by atoms with van der Waals surface area (Å²) in [7, 11) is 2.05. The summed E-state index contributed by atoms with van der Waals surface area (Å²) in [6, 6.07) is 6.50. The quantitative estimate of drug-likeness (QED) is 0.273. The topological polar surface area (TPSA) is 117 Å². The van der Waals surface area contributed by atoms with Crippen LogP contribution >= 0.6 is 11.3 Å². The molecule has 0 aliphatic carbocycles. The minimum Gasteiger partial charge on any atom is -0.461 e. The maximum Gasteiger partial charge on any atom is 0.319 e. The van der Waals surface area contributed by atoms with Crippen LogP contribution in [0.2, 0.25) is 0 Å². The number of aromatic nitrogens is 6. The van der Waals surface area contributed by atoms with Crippen LogP contribution in [0.5, 0.6) is 6.01 Å². The van der Waals surface area contributed by atoms with Crippen molar-refractivity contribution in [2.75, 3.05) is 50.9 Å². The van der Waals surface area contributed by atoms with Gasteiger partial charge < -0.3 is 24.0 Å². The Bertz CT molecular complexity index is 2140. The van der Waals surface area contributed by atoms with E-state index >= 15 is 0 Å². The number of fused-ring (bicyclic) bond motifs is 6. The summed E-state index contributed by atoms with van der Waals surface area (Å²) in [4.78, 5) is 20.1. The number of aromatic amines is 1. The molecule has 3 atom stereocenters. The Hall–Kier alpha value is -3.91. The van der Waals surface area contributed by atoms with Crippen molar-refractivity contribution in [2.45, 2.75) is 43.5 Å². The van der Waals surface area contributed by atoms with Gasteiger partial charge in [-0.05, 0) is 44.5 Å². The summed E-state index contributed by atoms with van der Waals surface area (Å²) in [5, 5.41) is 22.6. The molecule has 3 aliphatic rings. The number of hydrogen-bond acceptors (Lipinski definition) is 10. The van der Waals surface area contributed by atoms with Crippen LogP contribution in [0.1, 0.15) is 26.2 Å². The number of pyridine rings is 1. The number of β-amino-alcohol motifs (C(OH)–C–C–N with tert-alkyl or cyclic N) is 1. The number of H-pyrrole nitrogens is 1. The minimum atomic E-state index is -1.06. The molecular weight excluding hydrogens is 607 g/mol. The van der Waals surface area contributed by atoms with Gasteiger partial charge in [-0.25, -0.2) is 4.39 Å². The van der Waals surface area contributed by atoms with Gasteiger partial charge in [0.05, 0.1) is 58.3 Å². The Morgan fingerprint density at radius 3 is 3.07 bits per heavy atom. The van der Waals surface area contributed by atoms with Gasteiger partial charge in [0.15, 0.2) is 0 Å².